The summed E-state index contributed by atoms with van der Waals surface area (Å²) in [5, 5.41) is 5.79. The molecule has 0 aliphatic rings. The predicted octanol–water partition coefficient (Wildman–Crippen LogP) is 5.07. The number of nitrogens with zero attached hydrogens (tertiary/aromatic N) is 1. The average Bonchev–Trinajstić information content (AvgIpc) is 2.47. The molecule has 2 nitrogen and oxygen atoms in total. The first kappa shape index (κ1) is 14.7. The first-order chi connectivity index (χ1) is 10.2. The molecule has 1 atom stereocenters. The van der Waals surface area contributed by atoms with Gasteiger partial charge in [-0.05, 0) is 47.8 Å². The Balaban J connectivity index is 2.18. The maximum absolute atomic E-state index is 4.27. The summed E-state index contributed by atoms with van der Waals surface area (Å²) in [4.78, 5) is 4.27. The van der Waals surface area contributed by atoms with Gasteiger partial charge in [-0.1, -0.05) is 50.1 Å². The lowest BCUT2D eigenvalue weighted by atomic mass is 9.95. The van der Waals surface area contributed by atoms with E-state index in [-0.39, 0.29) is 6.04 Å². The zero-order valence-corrected chi connectivity index (χ0v) is 14.6. The van der Waals surface area contributed by atoms with Crippen molar-refractivity contribution in [2.75, 3.05) is 7.05 Å². The molecule has 0 aliphatic carbocycles. The molecule has 1 unspecified atom stereocenters. The summed E-state index contributed by atoms with van der Waals surface area (Å²) in [5.74, 6) is 0. The van der Waals surface area contributed by atoms with Gasteiger partial charge in [0.2, 0.25) is 0 Å². The van der Waals surface area contributed by atoms with Gasteiger partial charge in [0, 0.05) is 26.7 Å². The van der Waals surface area contributed by atoms with Crippen LogP contribution < -0.4 is 5.32 Å². The van der Waals surface area contributed by atoms with Crippen molar-refractivity contribution >= 4 is 42.6 Å². The average molecular weight is 406 g/mol. The number of benzene rings is 2. The Morgan fingerprint density at radius 1 is 1.05 bits per heavy atom. The monoisotopic (exact) mass is 404 g/mol. The van der Waals surface area contributed by atoms with Crippen LogP contribution in [0.5, 0.6) is 0 Å². The smallest absolute Gasteiger partial charge is 0.0581 e. The molecule has 2 aromatic carbocycles. The second kappa shape index (κ2) is 6.26. The summed E-state index contributed by atoms with van der Waals surface area (Å²) in [6.07, 6.45) is 3.76. The van der Waals surface area contributed by atoms with Crippen LogP contribution in [0.4, 0.5) is 0 Å². The Bertz CT molecular complexity index is 761. The molecule has 0 saturated carbocycles. The second-order valence-electron chi connectivity index (χ2n) is 4.87. The maximum Gasteiger partial charge on any atom is 0.0581 e. The van der Waals surface area contributed by atoms with Crippen LogP contribution in [0, 0.1) is 0 Å². The van der Waals surface area contributed by atoms with Crippen molar-refractivity contribution in [2.45, 2.75) is 6.04 Å². The molecule has 3 rings (SSSR count). The van der Waals surface area contributed by atoms with Crippen LogP contribution in [0.15, 0.2) is 63.8 Å². The third-order valence-electron chi connectivity index (χ3n) is 3.54. The van der Waals surface area contributed by atoms with E-state index < -0.39 is 0 Å². The molecule has 0 fully saturated rings. The number of hydrogen-bond acceptors (Lipinski definition) is 2. The van der Waals surface area contributed by atoms with E-state index in [0.29, 0.717) is 0 Å². The number of halogens is 2. The van der Waals surface area contributed by atoms with Gasteiger partial charge in [0.25, 0.3) is 0 Å². The van der Waals surface area contributed by atoms with E-state index in [9.17, 15) is 0 Å². The van der Waals surface area contributed by atoms with E-state index in [2.05, 4.69) is 72.5 Å². The molecule has 0 aliphatic heterocycles. The van der Waals surface area contributed by atoms with Crippen LogP contribution in [0.1, 0.15) is 17.2 Å². The van der Waals surface area contributed by atoms with Crippen LogP contribution >= 0.6 is 31.9 Å². The third kappa shape index (κ3) is 3.03. The molecule has 0 saturated heterocycles. The molecule has 4 heteroatoms. The number of pyridine rings is 1. The van der Waals surface area contributed by atoms with Crippen molar-refractivity contribution in [3.63, 3.8) is 0 Å². The third-order valence-corrected chi connectivity index (χ3v) is 4.45. The molecule has 1 aromatic heterocycles. The minimum Gasteiger partial charge on any atom is -0.309 e. The van der Waals surface area contributed by atoms with Gasteiger partial charge in [-0.15, -0.1) is 0 Å². The van der Waals surface area contributed by atoms with Crippen LogP contribution in [-0.2, 0) is 0 Å². The number of rotatable bonds is 3. The zero-order chi connectivity index (χ0) is 14.8. The molecule has 1 N–H and O–H groups in total. The van der Waals surface area contributed by atoms with Gasteiger partial charge in [0.15, 0.2) is 0 Å². The molecule has 106 valence electrons. The van der Waals surface area contributed by atoms with Crippen molar-refractivity contribution in [1.82, 2.24) is 10.3 Å². The fourth-order valence-electron chi connectivity index (χ4n) is 2.63. The molecule has 0 spiro atoms. The number of nitrogens with one attached hydrogen (secondary N) is 1. The Hall–Kier alpha value is -1.23. The van der Waals surface area contributed by atoms with E-state index in [1.54, 1.807) is 0 Å². The number of fused-ring (bicyclic) bond motifs is 1. The second-order valence-corrected chi connectivity index (χ2v) is 6.70. The van der Waals surface area contributed by atoms with Crippen LogP contribution in [-0.4, -0.2) is 12.0 Å². The lowest BCUT2D eigenvalue weighted by Crippen LogP contribution is -2.18. The van der Waals surface area contributed by atoms with Crippen LogP contribution in [0.25, 0.3) is 10.8 Å². The highest BCUT2D eigenvalue weighted by Gasteiger charge is 2.15. The van der Waals surface area contributed by atoms with Crippen molar-refractivity contribution in [2.24, 2.45) is 0 Å². The topological polar surface area (TPSA) is 24.9 Å². The van der Waals surface area contributed by atoms with E-state index in [0.717, 1.165) is 8.95 Å². The Labute approximate surface area is 140 Å². The van der Waals surface area contributed by atoms with Crippen LogP contribution in [0.3, 0.4) is 0 Å². The van der Waals surface area contributed by atoms with Gasteiger partial charge in [-0.3, -0.25) is 4.98 Å². The molecule has 21 heavy (non-hydrogen) atoms. The fourth-order valence-corrected chi connectivity index (χ4v) is 3.96. The standard InChI is InChI=1S/C17H14Br2N2/c1-20-17(12-7-13(18)9-14(19)8-12)15-4-2-3-11-5-6-21-10-16(11)15/h2-10,17,20H,1H3. The first-order valence-electron chi connectivity index (χ1n) is 6.65. The highest BCUT2D eigenvalue weighted by Crippen LogP contribution is 2.31. The first-order valence-corrected chi connectivity index (χ1v) is 8.23. The molecule has 0 radical (unpaired) electrons. The Kier molecular flexibility index (Phi) is 4.38. The maximum atomic E-state index is 4.27. The van der Waals surface area contributed by atoms with Gasteiger partial charge < -0.3 is 5.32 Å². The normalized spacial score (nSPS) is 12.5. The predicted molar refractivity (Wildman–Crippen MR) is 94.5 cm³/mol. The van der Waals surface area contributed by atoms with E-state index in [1.165, 1.54) is 21.9 Å². The number of aromatic nitrogens is 1. The van der Waals surface area contributed by atoms with E-state index >= 15 is 0 Å². The lowest BCUT2D eigenvalue weighted by Gasteiger charge is -2.20. The molecule has 0 amide bonds. The largest absolute Gasteiger partial charge is 0.309 e. The van der Waals surface area contributed by atoms with Gasteiger partial charge in [0.1, 0.15) is 0 Å². The van der Waals surface area contributed by atoms with Gasteiger partial charge >= 0.3 is 0 Å². The molecule has 0 bridgehead atoms. The summed E-state index contributed by atoms with van der Waals surface area (Å²) in [5.41, 5.74) is 2.43. The minimum atomic E-state index is 0.117. The summed E-state index contributed by atoms with van der Waals surface area (Å²) >= 11 is 7.13. The summed E-state index contributed by atoms with van der Waals surface area (Å²) in [6, 6.07) is 14.8. The Morgan fingerprint density at radius 3 is 2.52 bits per heavy atom. The summed E-state index contributed by atoms with van der Waals surface area (Å²) in [6.45, 7) is 0. The van der Waals surface area contributed by atoms with Crippen LogP contribution in [0.2, 0.25) is 0 Å². The molecular formula is C17H14Br2N2. The summed E-state index contributed by atoms with van der Waals surface area (Å²) < 4.78 is 2.12. The fraction of sp³-hybridized carbons (Fsp3) is 0.118. The molecular weight excluding hydrogens is 392 g/mol. The van der Waals surface area contributed by atoms with E-state index in [1.807, 2.05) is 31.6 Å². The summed E-state index contributed by atoms with van der Waals surface area (Å²) in [7, 11) is 1.98. The lowest BCUT2D eigenvalue weighted by molar-refractivity contribution is 0.696. The van der Waals surface area contributed by atoms with Crippen molar-refractivity contribution in [3.05, 3.63) is 74.9 Å². The van der Waals surface area contributed by atoms with Crippen molar-refractivity contribution in [3.8, 4) is 0 Å². The van der Waals surface area contributed by atoms with Gasteiger partial charge in [-0.25, -0.2) is 0 Å². The van der Waals surface area contributed by atoms with Crippen molar-refractivity contribution < 1.29 is 0 Å². The molecule has 3 aromatic rings. The van der Waals surface area contributed by atoms with E-state index in [4.69, 9.17) is 0 Å². The zero-order valence-electron chi connectivity index (χ0n) is 11.5. The Morgan fingerprint density at radius 2 is 1.81 bits per heavy atom. The van der Waals surface area contributed by atoms with Crippen molar-refractivity contribution in [1.29, 1.82) is 0 Å². The highest BCUT2D eigenvalue weighted by molar-refractivity contribution is 9.11. The van der Waals surface area contributed by atoms with Gasteiger partial charge in [-0.2, -0.15) is 0 Å². The quantitative estimate of drug-likeness (QED) is 0.657. The highest BCUT2D eigenvalue weighted by atomic mass is 79.9. The van der Waals surface area contributed by atoms with Gasteiger partial charge in [0.05, 0.1) is 6.04 Å². The minimum absolute atomic E-state index is 0.117. The number of hydrogen-bond donors (Lipinski definition) is 1. The SMILES string of the molecule is CNC(c1cc(Br)cc(Br)c1)c1cccc2ccncc12. The molecule has 1 heterocycles.